The maximum atomic E-state index is 11.4. The van der Waals surface area contributed by atoms with Crippen LogP contribution in [0.15, 0.2) is 72.9 Å². The topological polar surface area (TPSA) is 92.3 Å². The summed E-state index contributed by atoms with van der Waals surface area (Å²) in [5, 5.41) is 17.1. The van der Waals surface area contributed by atoms with Crippen molar-refractivity contribution in [1.82, 2.24) is 10.2 Å². The molecule has 1 aromatic heterocycles. The Morgan fingerprint density at radius 1 is 1.00 bits per heavy atom. The summed E-state index contributed by atoms with van der Waals surface area (Å²) in [5.74, 6) is -0.307. The fraction of sp³-hybridized carbons (Fsp3) is 0.167. The lowest BCUT2D eigenvalue weighted by Crippen LogP contribution is -2.07. The normalized spacial score (nSPS) is 12.1. The summed E-state index contributed by atoms with van der Waals surface area (Å²) in [7, 11) is 0. The Morgan fingerprint density at radius 3 is 2.39 bits per heavy atom. The summed E-state index contributed by atoms with van der Waals surface area (Å²) >= 11 is 0. The summed E-state index contributed by atoms with van der Waals surface area (Å²) in [6.45, 7) is 5.67. The number of ketones is 1. The highest BCUT2D eigenvalue weighted by molar-refractivity contribution is 6.00. The molecule has 0 aliphatic rings. The van der Waals surface area contributed by atoms with Crippen molar-refractivity contribution in [3.8, 4) is 5.75 Å². The zero-order valence-corrected chi connectivity index (χ0v) is 20.5. The van der Waals surface area contributed by atoms with E-state index < -0.39 is 5.97 Å². The Balaban J connectivity index is 1.85. The average Bonchev–Trinajstić information content (AvgIpc) is 3.33. The van der Waals surface area contributed by atoms with Crippen LogP contribution in [0.1, 0.15) is 48.1 Å². The number of allylic oxidation sites excluding steroid dienone is 1. The molecular formula is C30H28N2O4. The minimum atomic E-state index is -0.979. The summed E-state index contributed by atoms with van der Waals surface area (Å²) < 4.78 is 5.66. The fourth-order valence-corrected chi connectivity index (χ4v) is 4.25. The Labute approximate surface area is 209 Å². The molecule has 3 aromatic carbocycles. The van der Waals surface area contributed by atoms with Gasteiger partial charge in [0.25, 0.3) is 0 Å². The van der Waals surface area contributed by atoms with E-state index in [2.05, 4.69) is 35.3 Å². The molecule has 4 rings (SSSR count). The number of aromatic amines is 1. The van der Waals surface area contributed by atoms with E-state index in [1.54, 1.807) is 6.08 Å². The van der Waals surface area contributed by atoms with E-state index in [0.717, 1.165) is 62.4 Å². The van der Waals surface area contributed by atoms with Crippen molar-refractivity contribution in [1.29, 1.82) is 0 Å². The van der Waals surface area contributed by atoms with Gasteiger partial charge in [0.15, 0.2) is 5.78 Å². The molecule has 36 heavy (non-hydrogen) atoms. The van der Waals surface area contributed by atoms with Gasteiger partial charge in [-0.3, -0.25) is 9.89 Å². The van der Waals surface area contributed by atoms with E-state index in [0.29, 0.717) is 5.75 Å². The van der Waals surface area contributed by atoms with Gasteiger partial charge < -0.3 is 9.84 Å². The predicted molar refractivity (Wildman–Crippen MR) is 143 cm³/mol. The maximum Gasteiger partial charge on any atom is 0.328 e. The molecule has 0 amide bonds. The number of aliphatic carboxylic acids is 1. The highest BCUT2D eigenvalue weighted by atomic mass is 16.5. The van der Waals surface area contributed by atoms with Crippen LogP contribution in [-0.4, -0.2) is 33.7 Å². The molecule has 0 saturated carbocycles. The Bertz CT molecular complexity index is 1480. The number of aryl methyl sites for hydroxylation is 1. The third kappa shape index (κ3) is 5.61. The molecule has 0 radical (unpaired) electrons. The maximum absolute atomic E-state index is 11.4. The minimum absolute atomic E-state index is 0.0220. The molecular weight excluding hydrogens is 452 g/mol. The van der Waals surface area contributed by atoms with Crippen molar-refractivity contribution in [2.75, 3.05) is 6.61 Å². The van der Waals surface area contributed by atoms with E-state index in [-0.39, 0.29) is 12.4 Å². The van der Waals surface area contributed by atoms with Crippen molar-refractivity contribution in [3.63, 3.8) is 0 Å². The third-order valence-electron chi connectivity index (χ3n) is 5.96. The molecule has 2 N–H and O–H groups in total. The zero-order valence-electron chi connectivity index (χ0n) is 20.5. The smallest absolute Gasteiger partial charge is 0.328 e. The van der Waals surface area contributed by atoms with Crippen molar-refractivity contribution >= 4 is 39.9 Å². The van der Waals surface area contributed by atoms with Gasteiger partial charge in [0, 0.05) is 11.5 Å². The first-order valence-electron chi connectivity index (χ1n) is 11.8. The molecule has 4 aromatic rings. The van der Waals surface area contributed by atoms with Crippen LogP contribution in [0.3, 0.4) is 0 Å². The van der Waals surface area contributed by atoms with Gasteiger partial charge in [0.1, 0.15) is 12.4 Å². The number of aromatic nitrogens is 2. The van der Waals surface area contributed by atoms with Crippen LogP contribution in [-0.2, 0) is 9.59 Å². The van der Waals surface area contributed by atoms with Gasteiger partial charge in [-0.15, -0.1) is 0 Å². The highest BCUT2D eigenvalue weighted by Crippen LogP contribution is 2.37. The van der Waals surface area contributed by atoms with Crippen LogP contribution < -0.4 is 4.74 Å². The SMILES string of the molecule is CC/C(=C(/c1ccc(/C=C/C(=O)O)cc1)c1ccc2[nH]ncc2c1)c1ccc(OCC(C)=O)c(C)c1. The van der Waals surface area contributed by atoms with Gasteiger partial charge in [-0.25, -0.2) is 4.79 Å². The molecule has 0 aliphatic carbocycles. The second kappa shape index (κ2) is 10.9. The first-order valence-corrected chi connectivity index (χ1v) is 11.8. The number of nitrogens with one attached hydrogen (secondary N) is 1. The predicted octanol–water partition coefficient (Wildman–Crippen LogP) is 6.31. The Hall–Kier alpha value is -4.45. The number of ether oxygens (including phenoxy) is 1. The molecule has 0 fully saturated rings. The highest BCUT2D eigenvalue weighted by Gasteiger charge is 2.15. The number of fused-ring (bicyclic) bond motifs is 1. The molecule has 1 heterocycles. The monoisotopic (exact) mass is 480 g/mol. The van der Waals surface area contributed by atoms with Crippen LogP contribution in [0.25, 0.3) is 28.1 Å². The number of rotatable bonds is 9. The van der Waals surface area contributed by atoms with Gasteiger partial charge in [0.05, 0.1) is 11.7 Å². The lowest BCUT2D eigenvalue weighted by molar-refractivity contribution is -0.131. The summed E-state index contributed by atoms with van der Waals surface area (Å²) in [5.41, 5.74) is 8.14. The quantitative estimate of drug-likeness (QED) is 0.216. The van der Waals surface area contributed by atoms with Crippen molar-refractivity contribution in [2.45, 2.75) is 27.2 Å². The number of hydrogen-bond acceptors (Lipinski definition) is 4. The van der Waals surface area contributed by atoms with E-state index >= 15 is 0 Å². The van der Waals surface area contributed by atoms with Crippen molar-refractivity contribution in [3.05, 3.63) is 101 Å². The lowest BCUT2D eigenvalue weighted by Gasteiger charge is -2.18. The zero-order chi connectivity index (χ0) is 25.7. The number of carbonyl (C=O) groups is 2. The molecule has 0 unspecified atom stereocenters. The lowest BCUT2D eigenvalue weighted by atomic mass is 9.87. The fourth-order valence-electron chi connectivity index (χ4n) is 4.25. The summed E-state index contributed by atoms with van der Waals surface area (Å²) in [6, 6.07) is 20.1. The first-order chi connectivity index (χ1) is 17.4. The van der Waals surface area contributed by atoms with Gasteiger partial charge in [-0.1, -0.05) is 43.3 Å². The number of benzene rings is 3. The van der Waals surface area contributed by atoms with E-state index in [1.807, 2.05) is 55.6 Å². The van der Waals surface area contributed by atoms with Crippen LogP contribution in [0.4, 0.5) is 0 Å². The van der Waals surface area contributed by atoms with Crippen LogP contribution in [0, 0.1) is 6.92 Å². The largest absolute Gasteiger partial charge is 0.486 e. The van der Waals surface area contributed by atoms with Gasteiger partial charge in [-0.05, 0) is 89.6 Å². The van der Waals surface area contributed by atoms with Crippen LogP contribution in [0.5, 0.6) is 5.75 Å². The molecule has 0 aliphatic heterocycles. The van der Waals surface area contributed by atoms with E-state index in [9.17, 15) is 9.59 Å². The number of nitrogens with zero attached hydrogens (tertiary/aromatic N) is 1. The Kier molecular flexibility index (Phi) is 7.44. The van der Waals surface area contributed by atoms with Gasteiger partial charge in [-0.2, -0.15) is 5.10 Å². The van der Waals surface area contributed by atoms with Gasteiger partial charge >= 0.3 is 5.97 Å². The molecule has 6 nitrogen and oxygen atoms in total. The first kappa shape index (κ1) is 24.7. The van der Waals surface area contributed by atoms with Crippen molar-refractivity contribution in [2.24, 2.45) is 0 Å². The van der Waals surface area contributed by atoms with Crippen molar-refractivity contribution < 1.29 is 19.4 Å². The molecule has 0 spiro atoms. The van der Waals surface area contributed by atoms with E-state index in [1.165, 1.54) is 6.92 Å². The molecule has 0 atom stereocenters. The Morgan fingerprint density at radius 2 is 1.72 bits per heavy atom. The number of carboxylic acid groups (broad SMARTS) is 1. The molecule has 182 valence electrons. The minimum Gasteiger partial charge on any atom is -0.486 e. The summed E-state index contributed by atoms with van der Waals surface area (Å²) in [6.07, 6.45) is 5.31. The number of H-pyrrole nitrogens is 1. The number of carboxylic acids is 1. The van der Waals surface area contributed by atoms with Crippen LogP contribution >= 0.6 is 0 Å². The second-order valence-corrected chi connectivity index (χ2v) is 8.64. The van der Waals surface area contributed by atoms with Crippen LogP contribution in [0.2, 0.25) is 0 Å². The second-order valence-electron chi connectivity index (χ2n) is 8.64. The van der Waals surface area contributed by atoms with E-state index in [4.69, 9.17) is 9.84 Å². The summed E-state index contributed by atoms with van der Waals surface area (Å²) in [4.78, 5) is 22.3. The number of Topliss-reactive ketones (excluding diaryl/α,β-unsaturated/α-hetero) is 1. The molecule has 0 bridgehead atoms. The standard InChI is InChI=1S/C30H28N2O4/c1-4-26(23-11-13-28(19(2)15-23)36-18-20(3)33)30(24-10-12-27-25(16-24)17-31-32-27)22-8-5-21(6-9-22)7-14-29(34)35/h5-17H,4,18H2,1-3H3,(H,31,32)(H,34,35)/b14-7+,30-26+. The molecule has 0 saturated heterocycles. The third-order valence-corrected chi connectivity index (χ3v) is 5.96. The number of hydrogen-bond donors (Lipinski definition) is 2. The number of carbonyl (C=O) groups excluding carboxylic acids is 1. The average molecular weight is 481 g/mol. The molecule has 6 heteroatoms. The van der Waals surface area contributed by atoms with Gasteiger partial charge in [0.2, 0.25) is 0 Å².